The summed E-state index contributed by atoms with van der Waals surface area (Å²) >= 11 is 0. The Balaban J connectivity index is 1.76. The fourth-order valence-electron chi connectivity index (χ4n) is 3.89. The van der Waals surface area contributed by atoms with Crippen LogP contribution in [0.15, 0.2) is 30.3 Å². The maximum Gasteiger partial charge on any atom is 0.0972 e. The van der Waals surface area contributed by atoms with Gasteiger partial charge in [0.25, 0.3) is 0 Å². The Labute approximate surface area is 122 Å². The van der Waals surface area contributed by atoms with E-state index in [1.807, 2.05) is 6.07 Å². The fourth-order valence-corrected chi connectivity index (χ4v) is 3.89. The van der Waals surface area contributed by atoms with E-state index in [1.165, 1.54) is 12.0 Å². The van der Waals surface area contributed by atoms with Crippen LogP contribution in [-0.4, -0.2) is 16.8 Å². The smallest absolute Gasteiger partial charge is 0.0972 e. The molecule has 0 N–H and O–H groups in total. The Kier molecular flexibility index (Phi) is 3.22. The van der Waals surface area contributed by atoms with E-state index < -0.39 is 0 Å². The summed E-state index contributed by atoms with van der Waals surface area (Å²) in [4.78, 5) is 0. The van der Waals surface area contributed by atoms with Crippen molar-refractivity contribution in [3.05, 3.63) is 35.9 Å². The zero-order chi connectivity index (χ0) is 14.4. The van der Waals surface area contributed by atoms with Crippen molar-refractivity contribution < 1.29 is 9.47 Å². The summed E-state index contributed by atoms with van der Waals surface area (Å²) in [5, 5.41) is 0. The molecule has 2 heteroatoms. The average Bonchev–Trinajstić information content (AvgIpc) is 2.88. The summed E-state index contributed by atoms with van der Waals surface area (Å²) in [7, 11) is 0. The van der Waals surface area contributed by atoms with Crippen molar-refractivity contribution in [1.29, 1.82) is 0 Å². The molecule has 3 rings (SSSR count). The second kappa shape index (κ2) is 4.57. The Morgan fingerprint density at radius 2 is 1.85 bits per heavy atom. The summed E-state index contributed by atoms with van der Waals surface area (Å²) in [6, 6.07) is 10.4. The third-order valence-electron chi connectivity index (χ3n) is 5.66. The van der Waals surface area contributed by atoms with Crippen molar-refractivity contribution in [2.24, 2.45) is 5.92 Å². The van der Waals surface area contributed by atoms with E-state index in [0.29, 0.717) is 12.5 Å². The van der Waals surface area contributed by atoms with Gasteiger partial charge in [0.2, 0.25) is 0 Å². The number of hydrogen-bond acceptors (Lipinski definition) is 2. The van der Waals surface area contributed by atoms with Crippen LogP contribution in [0.5, 0.6) is 0 Å². The van der Waals surface area contributed by atoms with E-state index in [2.05, 4.69) is 52.0 Å². The molecule has 2 aliphatic rings. The van der Waals surface area contributed by atoms with Gasteiger partial charge in [0.1, 0.15) is 0 Å². The third-order valence-corrected chi connectivity index (χ3v) is 5.66. The minimum atomic E-state index is -0.175. The van der Waals surface area contributed by atoms with Crippen LogP contribution >= 0.6 is 0 Å². The lowest BCUT2D eigenvalue weighted by Crippen LogP contribution is -2.49. The molecule has 0 aliphatic carbocycles. The normalized spacial score (nSPS) is 39.6. The Bertz CT molecular complexity index is 483. The van der Waals surface area contributed by atoms with Crippen LogP contribution in [0.25, 0.3) is 0 Å². The highest BCUT2D eigenvalue weighted by Crippen LogP contribution is 2.60. The molecule has 0 radical (unpaired) electrons. The van der Waals surface area contributed by atoms with E-state index in [1.54, 1.807) is 0 Å². The van der Waals surface area contributed by atoms with E-state index in [-0.39, 0.29) is 16.8 Å². The lowest BCUT2D eigenvalue weighted by atomic mass is 9.69. The van der Waals surface area contributed by atoms with Gasteiger partial charge in [-0.05, 0) is 38.2 Å². The first-order chi connectivity index (χ1) is 9.39. The molecular weight excluding hydrogens is 248 g/mol. The molecule has 2 nitrogen and oxygen atoms in total. The maximum atomic E-state index is 6.49. The first kappa shape index (κ1) is 14.1. The molecule has 0 spiro atoms. The molecule has 2 saturated heterocycles. The van der Waals surface area contributed by atoms with E-state index in [4.69, 9.17) is 9.47 Å². The molecule has 1 aromatic rings. The summed E-state index contributed by atoms with van der Waals surface area (Å²) in [6.07, 6.45) is 3.29. The molecule has 0 unspecified atom stereocenters. The van der Waals surface area contributed by atoms with Gasteiger partial charge in [-0.25, -0.2) is 0 Å². The van der Waals surface area contributed by atoms with Crippen molar-refractivity contribution in [1.82, 2.24) is 0 Å². The van der Waals surface area contributed by atoms with Crippen molar-refractivity contribution in [3.63, 3.8) is 0 Å². The van der Waals surface area contributed by atoms with Gasteiger partial charge in [0.15, 0.2) is 0 Å². The first-order valence-corrected chi connectivity index (χ1v) is 7.77. The zero-order valence-electron chi connectivity index (χ0n) is 13.1. The molecule has 0 saturated carbocycles. The van der Waals surface area contributed by atoms with E-state index >= 15 is 0 Å². The molecule has 0 amide bonds. The van der Waals surface area contributed by atoms with Gasteiger partial charge in [-0.15, -0.1) is 0 Å². The van der Waals surface area contributed by atoms with Gasteiger partial charge in [-0.2, -0.15) is 0 Å². The van der Waals surface area contributed by atoms with E-state index in [9.17, 15) is 0 Å². The molecule has 2 aliphatic heterocycles. The van der Waals surface area contributed by atoms with Gasteiger partial charge >= 0.3 is 0 Å². The van der Waals surface area contributed by atoms with Crippen molar-refractivity contribution in [2.75, 3.05) is 0 Å². The predicted octanol–water partition coefficient (Wildman–Crippen LogP) is 4.33. The molecule has 2 fully saturated rings. The van der Waals surface area contributed by atoms with Crippen LogP contribution in [0.2, 0.25) is 0 Å². The monoisotopic (exact) mass is 274 g/mol. The summed E-state index contributed by atoms with van der Waals surface area (Å²) in [5.74, 6) is 0.548. The van der Waals surface area contributed by atoms with Gasteiger partial charge in [-0.3, -0.25) is 0 Å². The second-order valence-electron chi connectivity index (χ2n) is 7.23. The predicted molar refractivity (Wildman–Crippen MR) is 80.5 cm³/mol. The van der Waals surface area contributed by atoms with Crippen LogP contribution in [0.3, 0.4) is 0 Å². The first-order valence-electron chi connectivity index (χ1n) is 7.77. The molecular formula is C18H26O2. The largest absolute Gasteiger partial charge is 0.368 e. The molecule has 1 aromatic carbocycles. The summed E-state index contributed by atoms with van der Waals surface area (Å²) in [6.45, 7) is 9.68. The fraction of sp³-hybridized carbons (Fsp3) is 0.667. The molecule has 110 valence electrons. The number of fused-ring (bicyclic) bond motifs is 2. The lowest BCUT2D eigenvalue weighted by Gasteiger charge is -2.40. The number of benzene rings is 1. The van der Waals surface area contributed by atoms with Gasteiger partial charge in [-0.1, -0.05) is 44.2 Å². The minimum absolute atomic E-state index is 0.0280. The molecule has 3 atom stereocenters. The maximum absolute atomic E-state index is 6.49. The summed E-state index contributed by atoms with van der Waals surface area (Å²) in [5.41, 5.74) is 0.955. The van der Waals surface area contributed by atoms with Crippen LogP contribution in [0.1, 0.15) is 52.5 Å². The minimum Gasteiger partial charge on any atom is -0.368 e. The second-order valence-corrected chi connectivity index (χ2v) is 7.23. The third kappa shape index (κ3) is 2.01. The van der Waals surface area contributed by atoms with Crippen LogP contribution < -0.4 is 0 Å². The average molecular weight is 274 g/mol. The highest BCUT2D eigenvalue weighted by atomic mass is 16.6. The Morgan fingerprint density at radius 3 is 2.45 bits per heavy atom. The molecule has 20 heavy (non-hydrogen) atoms. The lowest BCUT2D eigenvalue weighted by molar-refractivity contribution is -0.142. The molecule has 2 bridgehead atoms. The number of rotatable bonds is 4. The quantitative estimate of drug-likeness (QED) is 0.813. The standard InChI is InChI=1S/C18H26O2/c1-14(2)18-11-10-16(3,20-18)17(4,13-18)19-12-15-8-6-5-7-9-15/h5-9,14H,10-13H2,1-4H3/t16-,17-,18+/m1/s1. The van der Waals surface area contributed by atoms with Gasteiger partial charge in [0, 0.05) is 6.42 Å². The Morgan fingerprint density at radius 1 is 1.15 bits per heavy atom. The highest BCUT2D eigenvalue weighted by Gasteiger charge is 2.66. The highest BCUT2D eigenvalue weighted by molar-refractivity contribution is 5.18. The van der Waals surface area contributed by atoms with Gasteiger partial charge < -0.3 is 9.47 Å². The van der Waals surface area contributed by atoms with E-state index in [0.717, 1.165) is 12.8 Å². The summed E-state index contributed by atoms with van der Waals surface area (Å²) < 4.78 is 12.9. The number of hydrogen-bond donors (Lipinski definition) is 0. The van der Waals surface area contributed by atoms with Crippen LogP contribution in [0, 0.1) is 5.92 Å². The zero-order valence-corrected chi connectivity index (χ0v) is 13.1. The Hall–Kier alpha value is -0.860. The molecule has 0 aromatic heterocycles. The topological polar surface area (TPSA) is 18.5 Å². The van der Waals surface area contributed by atoms with Gasteiger partial charge in [0.05, 0.1) is 23.4 Å². The van der Waals surface area contributed by atoms with Crippen molar-refractivity contribution in [3.8, 4) is 0 Å². The van der Waals surface area contributed by atoms with Crippen LogP contribution in [-0.2, 0) is 16.1 Å². The SMILES string of the molecule is CC(C)[C@@]12CC[C@@](C)(O1)[C@](C)(OCc1ccccc1)C2. The van der Waals surface area contributed by atoms with Crippen molar-refractivity contribution >= 4 is 0 Å². The van der Waals surface area contributed by atoms with Crippen molar-refractivity contribution in [2.45, 2.75) is 70.4 Å². The number of ether oxygens (including phenoxy) is 2. The van der Waals surface area contributed by atoms with Crippen LogP contribution in [0.4, 0.5) is 0 Å². The molecule has 2 heterocycles.